The molecule has 1 N–H and O–H groups in total. The summed E-state index contributed by atoms with van der Waals surface area (Å²) in [6.45, 7) is 2.70. The number of hydrogen-bond acceptors (Lipinski definition) is 8. The van der Waals surface area contributed by atoms with Gasteiger partial charge in [-0.1, -0.05) is 0 Å². The Balaban J connectivity index is 1.46. The lowest BCUT2D eigenvalue weighted by Crippen LogP contribution is -2.31. The molecule has 0 radical (unpaired) electrons. The summed E-state index contributed by atoms with van der Waals surface area (Å²) < 4.78 is 68.5. The van der Waals surface area contributed by atoms with E-state index in [1.165, 1.54) is 11.3 Å². The predicted octanol–water partition coefficient (Wildman–Crippen LogP) is 7.00. The van der Waals surface area contributed by atoms with E-state index in [2.05, 4.69) is 35.0 Å². The summed E-state index contributed by atoms with van der Waals surface area (Å²) in [6, 6.07) is 8.02. The number of benzene rings is 1. The minimum absolute atomic E-state index is 0.0306. The second-order valence-corrected chi connectivity index (χ2v) is 12.5. The Morgan fingerprint density at radius 3 is 2.72 bits per heavy atom. The molecule has 0 saturated heterocycles. The Hall–Kier alpha value is -3.91. The van der Waals surface area contributed by atoms with Crippen LogP contribution in [0.4, 0.5) is 17.6 Å². The zero-order valence-corrected chi connectivity index (χ0v) is 26.3. The molecule has 0 spiro atoms. The average Bonchev–Trinajstić information content (AvgIpc) is 3.69. The van der Waals surface area contributed by atoms with E-state index >= 15 is 4.39 Å². The lowest BCUT2D eigenvalue weighted by Gasteiger charge is -2.31. The van der Waals surface area contributed by atoms with Crippen molar-refractivity contribution < 1.29 is 27.0 Å². The van der Waals surface area contributed by atoms with E-state index in [4.69, 9.17) is 19.8 Å². The summed E-state index contributed by atoms with van der Waals surface area (Å²) in [5.74, 6) is -1.88. The predicted molar refractivity (Wildman–Crippen MR) is 168 cm³/mol. The first kappa shape index (κ1) is 30.7. The van der Waals surface area contributed by atoms with Gasteiger partial charge < -0.3 is 14.8 Å². The van der Waals surface area contributed by atoms with Crippen LogP contribution in [0.5, 0.6) is 5.75 Å². The molecule has 7 rings (SSSR count). The van der Waals surface area contributed by atoms with Crippen molar-refractivity contribution >= 4 is 21.4 Å². The molecule has 0 bridgehead atoms. The highest BCUT2D eigenvalue weighted by molar-refractivity contribution is 7.18. The Morgan fingerprint density at radius 2 is 1.91 bits per heavy atom. The lowest BCUT2D eigenvalue weighted by atomic mass is 9.94. The van der Waals surface area contributed by atoms with Gasteiger partial charge in [-0.2, -0.15) is 13.9 Å². The highest BCUT2D eigenvalue weighted by Gasteiger charge is 2.29. The van der Waals surface area contributed by atoms with Crippen LogP contribution >= 0.6 is 11.3 Å². The average molecular weight is 653 g/mol. The molecule has 13 heteroatoms. The molecule has 8 nitrogen and oxygen atoms in total. The number of thiophene rings is 1. The van der Waals surface area contributed by atoms with Crippen LogP contribution in [0.25, 0.3) is 43.9 Å². The van der Waals surface area contributed by atoms with Crippen LogP contribution in [-0.4, -0.2) is 64.6 Å². The highest BCUT2D eigenvalue weighted by atomic mass is 32.1. The van der Waals surface area contributed by atoms with Crippen LogP contribution in [0.1, 0.15) is 42.9 Å². The number of pyridine rings is 2. The van der Waals surface area contributed by atoms with Crippen molar-refractivity contribution in [1.82, 2.24) is 30.0 Å². The van der Waals surface area contributed by atoms with Gasteiger partial charge in [-0.05, 0) is 50.0 Å². The zero-order chi connectivity index (χ0) is 32.1. The topological polar surface area (TPSA) is 77.3 Å². The van der Waals surface area contributed by atoms with Crippen molar-refractivity contribution in [3.63, 3.8) is 0 Å². The fourth-order valence-electron chi connectivity index (χ4n) is 6.35. The fraction of sp³-hybridized carbons (Fsp3) is 0.364. The van der Waals surface area contributed by atoms with Gasteiger partial charge in [0.1, 0.15) is 35.4 Å². The minimum Gasteiger partial charge on any atom is -0.490 e. The monoisotopic (exact) mass is 652 g/mol. The highest BCUT2D eigenvalue weighted by Crippen LogP contribution is 2.47. The molecule has 5 aromatic rings. The third kappa shape index (κ3) is 5.55. The number of halogens is 4. The molecule has 2 atom stereocenters. The van der Waals surface area contributed by atoms with Crippen molar-refractivity contribution in [2.75, 3.05) is 33.4 Å². The second-order valence-electron chi connectivity index (χ2n) is 11.6. The summed E-state index contributed by atoms with van der Waals surface area (Å²) in [5.41, 5.74) is 5.88. The van der Waals surface area contributed by atoms with E-state index in [0.717, 1.165) is 59.5 Å². The molecule has 0 saturated carbocycles. The summed E-state index contributed by atoms with van der Waals surface area (Å²) in [6.07, 6.45) is 2.68. The number of fused-ring (bicyclic) bond motifs is 3. The third-order valence-electron chi connectivity index (χ3n) is 8.82. The van der Waals surface area contributed by atoms with E-state index in [1.54, 1.807) is 0 Å². The molecule has 4 aromatic heterocycles. The maximum absolute atomic E-state index is 16.0. The maximum atomic E-state index is 16.0. The van der Waals surface area contributed by atoms with Crippen molar-refractivity contribution in [2.24, 2.45) is 0 Å². The van der Waals surface area contributed by atoms with Crippen LogP contribution in [0.15, 0.2) is 41.9 Å². The molecule has 240 valence electrons. The Bertz CT molecular complexity index is 1930. The largest absolute Gasteiger partial charge is 0.490 e. The van der Waals surface area contributed by atoms with Crippen LogP contribution in [0.3, 0.4) is 0 Å². The van der Waals surface area contributed by atoms with Gasteiger partial charge in [0.25, 0.3) is 0 Å². The Morgan fingerprint density at radius 1 is 1.07 bits per heavy atom. The summed E-state index contributed by atoms with van der Waals surface area (Å²) in [5, 5.41) is 11.0. The molecule has 0 aliphatic carbocycles. The van der Waals surface area contributed by atoms with Gasteiger partial charge in [-0.15, -0.1) is 11.3 Å². The molecule has 46 heavy (non-hydrogen) atoms. The van der Waals surface area contributed by atoms with Gasteiger partial charge in [0.05, 0.1) is 30.1 Å². The minimum atomic E-state index is -2.99. The normalized spacial score (nSPS) is 18.3. The first-order chi connectivity index (χ1) is 22.2. The Labute approximate surface area is 267 Å². The number of likely N-dealkylation sites (N-methyl/N-ethyl adjacent to an activating group) is 1. The van der Waals surface area contributed by atoms with E-state index in [0.29, 0.717) is 33.9 Å². The number of nitrogens with one attached hydrogen (secondary N) is 1. The van der Waals surface area contributed by atoms with E-state index in [9.17, 15) is 13.2 Å². The van der Waals surface area contributed by atoms with Gasteiger partial charge in [0.2, 0.25) is 0 Å². The van der Waals surface area contributed by atoms with Crippen LogP contribution in [-0.2, 0) is 17.7 Å². The molecule has 2 aliphatic rings. The van der Waals surface area contributed by atoms with E-state index in [-0.39, 0.29) is 30.0 Å². The SMILES string of the molecule is CC1NCCn2nc(-c3nc(-c4cnc5c(c4)C(C)N(C)CC5)c4ccsc4c3-c3c(F)cc(F)cc3OCCOC(F)F)cc21. The molecule has 2 unspecified atom stereocenters. The smallest absolute Gasteiger partial charge is 0.345 e. The fourth-order valence-corrected chi connectivity index (χ4v) is 7.30. The molecule has 6 heterocycles. The van der Waals surface area contributed by atoms with Gasteiger partial charge in [-0.3, -0.25) is 14.6 Å². The Kier molecular flexibility index (Phi) is 8.26. The van der Waals surface area contributed by atoms with Crippen molar-refractivity contribution in [3.8, 4) is 39.5 Å². The number of ether oxygens (including phenoxy) is 2. The molecule has 1 aromatic carbocycles. The summed E-state index contributed by atoms with van der Waals surface area (Å²) >= 11 is 1.39. The van der Waals surface area contributed by atoms with E-state index < -0.39 is 24.9 Å². The molecular formula is C33H32F4N6O2S. The molecule has 2 aliphatic heterocycles. The standard InChI is InChI=1S/C33H32F4N6O2S/c1-17-26-15-25(41-43(26)8-6-38-17)31-29(28-23(35)13-20(34)14-27(28)44-9-10-45-33(36)37)32-21(5-11-46-32)30(40-31)19-12-22-18(2)42(3)7-4-24(22)39-16-19/h5,11-18,33,38H,4,6-10H2,1-3H3. The third-order valence-corrected chi connectivity index (χ3v) is 9.75. The molecule has 0 fully saturated rings. The summed E-state index contributed by atoms with van der Waals surface area (Å²) in [4.78, 5) is 12.3. The van der Waals surface area contributed by atoms with Crippen molar-refractivity contribution in [2.45, 2.75) is 45.5 Å². The summed E-state index contributed by atoms with van der Waals surface area (Å²) in [7, 11) is 2.09. The second kappa shape index (κ2) is 12.4. The maximum Gasteiger partial charge on any atom is 0.345 e. The van der Waals surface area contributed by atoms with Gasteiger partial charge in [0, 0.05) is 76.8 Å². The number of aromatic nitrogens is 4. The number of rotatable bonds is 8. The quantitative estimate of drug-likeness (QED) is 0.143. The van der Waals surface area contributed by atoms with Crippen molar-refractivity contribution in [1.29, 1.82) is 0 Å². The van der Waals surface area contributed by atoms with E-state index in [1.807, 2.05) is 35.3 Å². The number of nitrogens with zero attached hydrogens (tertiary/aromatic N) is 5. The van der Waals surface area contributed by atoms with Crippen LogP contribution in [0, 0.1) is 11.6 Å². The first-order valence-electron chi connectivity index (χ1n) is 15.1. The van der Waals surface area contributed by atoms with Crippen molar-refractivity contribution in [3.05, 3.63) is 70.5 Å². The number of hydrogen-bond donors (Lipinski definition) is 1. The molecule has 0 amide bonds. The van der Waals surface area contributed by atoms with Gasteiger partial charge in [0.15, 0.2) is 0 Å². The molecular weight excluding hydrogens is 620 g/mol. The number of alkyl halides is 2. The van der Waals surface area contributed by atoms with Crippen LogP contribution < -0.4 is 10.1 Å². The first-order valence-corrected chi connectivity index (χ1v) is 16.0. The lowest BCUT2D eigenvalue weighted by molar-refractivity contribution is -0.133. The van der Waals surface area contributed by atoms with Gasteiger partial charge in [-0.25, -0.2) is 13.8 Å². The van der Waals surface area contributed by atoms with Gasteiger partial charge >= 0.3 is 6.61 Å². The zero-order valence-electron chi connectivity index (χ0n) is 25.5. The van der Waals surface area contributed by atoms with Crippen LogP contribution in [0.2, 0.25) is 0 Å².